The molecule has 6 atom stereocenters. The number of methoxy groups -OCH3 is 1. The summed E-state index contributed by atoms with van der Waals surface area (Å²) in [4.78, 5) is 0. The zero-order chi connectivity index (χ0) is 17.1. The van der Waals surface area contributed by atoms with Crippen LogP contribution in [0.3, 0.4) is 0 Å². The molecule has 7 nitrogen and oxygen atoms in total. The lowest BCUT2D eigenvalue weighted by Crippen LogP contribution is -2.62. The lowest BCUT2D eigenvalue weighted by molar-refractivity contribution is -0.360. The van der Waals surface area contributed by atoms with Crippen LogP contribution in [0.2, 0.25) is 0 Å². The maximum atomic E-state index is 10.4. The van der Waals surface area contributed by atoms with Crippen molar-refractivity contribution in [2.75, 3.05) is 20.3 Å². The molecule has 2 aliphatic rings. The van der Waals surface area contributed by atoms with Crippen LogP contribution in [-0.4, -0.2) is 61.2 Å². The molecule has 1 aromatic carbocycles. The smallest absolute Gasteiger partial charge is 0.187 e. The van der Waals surface area contributed by atoms with Gasteiger partial charge in [-0.25, -0.2) is 0 Å². The van der Waals surface area contributed by atoms with E-state index in [2.05, 4.69) is 6.58 Å². The maximum Gasteiger partial charge on any atom is 0.187 e. The fourth-order valence-corrected chi connectivity index (χ4v) is 2.81. The SMILES string of the molecule is C=CCOC1O[C@@H]2COC(c3ccc(OC)cc3)O[C@H]2[C@H](O)[C@H]1O. The lowest BCUT2D eigenvalue weighted by atomic mass is 9.98. The summed E-state index contributed by atoms with van der Waals surface area (Å²) < 4.78 is 27.6. The molecule has 2 N–H and O–H groups in total. The minimum atomic E-state index is -1.21. The second-order valence-electron chi connectivity index (χ2n) is 5.69. The minimum absolute atomic E-state index is 0.210. The predicted octanol–water partition coefficient (Wildman–Crippen LogP) is 0.758. The van der Waals surface area contributed by atoms with E-state index in [1.807, 2.05) is 12.1 Å². The molecule has 0 aromatic heterocycles. The van der Waals surface area contributed by atoms with Crippen molar-refractivity contribution in [1.29, 1.82) is 0 Å². The molecule has 132 valence electrons. The monoisotopic (exact) mass is 338 g/mol. The Labute approximate surface area is 140 Å². The van der Waals surface area contributed by atoms with Crippen LogP contribution >= 0.6 is 0 Å². The van der Waals surface area contributed by atoms with E-state index in [0.29, 0.717) is 0 Å². The summed E-state index contributed by atoms with van der Waals surface area (Å²) >= 11 is 0. The third-order valence-electron chi connectivity index (χ3n) is 4.10. The molecule has 0 spiro atoms. The van der Waals surface area contributed by atoms with Crippen LogP contribution < -0.4 is 4.74 Å². The van der Waals surface area contributed by atoms with Gasteiger partial charge in [-0.15, -0.1) is 6.58 Å². The minimum Gasteiger partial charge on any atom is -0.497 e. The van der Waals surface area contributed by atoms with Gasteiger partial charge in [0, 0.05) is 5.56 Å². The topological polar surface area (TPSA) is 86.6 Å². The zero-order valence-corrected chi connectivity index (χ0v) is 13.4. The van der Waals surface area contributed by atoms with Crippen molar-refractivity contribution in [3.05, 3.63) is 42.5 Å². The Kier molecular flexibility index (Phi) is 5.50. The highest BCUT2D eigenvalue weighted by Gasteiger charge is 2.49. The van der Waals surface area contributed by atoms with E-state index in [0.717, 1.165) is 11.3 Å². The summed E-state index contributed by atoms with van der Waals surface area (Å²) in [5.41, 5.74) is 0.793. The van der Waals surface area contributed by atoms with Crippen molar-refractivity contribution in [3.63, 3.8) is 0 Å². The van der Waals surface area contributed by atoms with Crippen LogP contribution in [0.4, 0.5) is 0 Å². The highest BCUT2D eigenvalue weighted by molar-refractivity contribution is 5.28. The van der Waals surface area contributed by atoms with Gasteiger partial charge in [0.1, 0.15) is 30.2 Å². The van der Waals surface area contributed by atoms with Gasteiger partial charge in [-0.1, -0.05) is 18.2 Å². The van der Waals surface area contributed by atoms with Crippen LogP contribution in [0, 0.1) is 0 Å². The molecule has 0 saturated carbocycles. The van der Waals surface area contributed by atoms with Crippen LogP contribution in [0.15, 0.2) is 36.9 Å². The molecule has 1 aromatic rings. The molecule has 24 heavy (non-hydrogen) atoms. The quantitative estimate of drug-likeness (QED) is 0.767. The molecule has 0 bridgehead atoms. The van der Waals surface area contributed by atoms with E-state index in [1.54, 1.807) is 25.3 Å². The van der Waals surface area contributed by atoms with Crippen LogP contribution in [0.25, 0.3) is 0 Å². The molecule has 3 rings (SSSR count). The number of benzene rings is 1. The average molecular weight is 338 g/mol. The van der Waals surface area contributed by atoms with E-state index >= 15 is 0 Å². The fraction of sp³-hybridized carbons (Fsp3) is 0.529. The summed E-state index contributed by atoms with van der Waals surface area (Å²) in [6.45, 7) is 3.98. The number of rotatable bonds is 5. The van der Waals surface area contributed by atoms with Crippen LogP contribution in [0.1, 0.15) is 11.9 Å². The van der Waals surface area contributed by atoms with Gasteiger partial charge in [0.05, 0.1) is 20.3 Å². The third-order valence-corrected chi connectivity index (χ3v) is 4.10. The standard InChI is InChI=1S/C17H22O7/c1-3-8-21-17-14(19)13(18)15-12(23-17)9-22-16(24-15)10-4-6-11(20-2)7-5-10/h3-7,12-19H,1,8-9H2,2H3/t12-,13-,14-,15-,16?,17?/m1/s1. The molecule has 2 aliphatic heterocycles. The van der Waals surface area contributed by atoms with Crippen LogP contribution in [-0.2, 0) is 18.9 Å². The van der Waals surface area contributed by atoms with E-state index in [1.165, 1.54) is 0 Å². The van der Waals surface area contributed by atoms with Gasteiger partial charge in [0.15, 0.2) is 12.6 Å². The molecule has 2 fully saturated rings. The molecule has 0 aliphatic carbocycles. The van der Waals surface area contributed by atoms with Gasteiger partial charge in [-0.2, -0.15) is 0 Å². The number of fused-ring (bicyclic) bond motifs is 1. The Bertz CT molecular complexity index is 544. The molecular formula is C17H22O7. The van der Waals surface area contributed by atoms with Crippen molar-refractivity contribution in [3.8, 4) is 5.75 Å². The zero-order valence-electron chi connectivity index (χ0n) is 13.4. The normalized spacial score (nSPS) is 36.0. The Morgan fingerprint density at radius 1 is 1.21 bits per heavy atom. The first-order valence-electron chi connectivity index (χ1n) is 7.79. The largest absolute Gasteiger partial charge is 0.497 e. The van der Waals surface area contributed by atoms with Crippen LogP contribution in [0.5, 0.6) is 5.75 Å². The highest BCUT2D eigenvalue weighted by atomic mass is 16.8. The van der Waals surface area contributed by atoms with E-state index in [-0.39, 0.29) is 13.2 Å². The number of hydrogen-bond donors (Lipinski definition) is 2. The number of aliphatic hydroxyl groups excluding tert-OH is 2. The predicted molar refractivity (Wildman–Crippen MR) is 83.4 cm³/mol. The number of aliphatic hydroxyl groups is 2. The van der Waals surface area contributed by atoms with E-state index < -0.39 is 37.0 Å². The Balaban J connectivity index is 1.67. The van der Waals surface area contributed by atoms with Crippen molar-refractivity contribution >= 4 is 0 Å². The molecule has 2 saturated heterocycles. The summed E-state index contributed by atoms with van der Waals surface area (Å²) in [5, 5.41) is 20.5. The summed E-state index contributed by atoms with van der Waals surface area (Å²) in [6, 6.07) is 7.25. The van der Waals surface area contributed by atoms with E-state index in [9.17, 15) is 10.2 Å². The second kappa shape index (κ2) is 7.60. The molecule has 7 heteroatoms. The van der Waals surface area contributed by atoms with Gasteiger partial charge < -0.3 is 33.9 Å². The van der Waals surface area contributed by atoms with E-state index in [4.69, 9.17) is 23.7 Å². The first-order chi connectivity index (χ1) is 11.6. The van der Waals surface area contributed by atoms with Gasteiger partial charge in [-0.05, 0) is 12.1 Å². The Morgan fingerprint density at radius 2 is 1.96 bits per heavy atom. The summed E-state index contributed by atoms with van der Waals surface area (Å²) in [6.07, 6.45) is -3.61. The summed E-state index contributed by atoms with van der Waals surface area (Å²) in [5.74, 6) is 0.728. The molecule has 0 amide bonds. The second-order valence-corrected chi connectivity index (χ2v) is 5.69. The van der Waals surface area contributed by atoms with Gasteiger partial charge in [0.2, 0.25) is 0 Å². The fourth-order valence-electron chi connectivity index (χ4n) is 2.81. The van der Waals surface area contributed by atoms with Crippen molar-refractivity contribution in [1.82, 2.24) is 0 Å². The lowest BCUT2D eigenvalue weighted by Gasteiger charge is -2.46. The molecule has 2 unspecified atom stereocenters. The van der Waals surface area contributed by atoms with Gasteiger partial charge in [0.25, 0.3) is 0 Å². The first-order valence-corrected chi connectivity index (χ1v) is 7.79. The molecular weight excluding hydrogens is 316 g/mol. The number of hydrogen-bond acceptors (Lipinski definition) is 7. The molecule has 2 heterocycles. The van der Waals surface area contributed by atoms with Gasteiger partial charge in [-0.3, -0.25) is 0 Å². The average Bonchev–Trinajstić information content (AvgIpc) is 2.63. The molecule has 0 radical (unpaired) electrons. The maximum absolute atomic E-state index is 10.4. The number of ether oxygens (including phenoxy) is 5. The van der Waals surface area contributed by atoms with Crippen molar-refractivity contribution in [2.24, 2.45) is 0 Å². The summed E-state index contributed by atoms with van der Waals surface area (Å²) in [7, 11) is 1.59. The Morgan fingerprint density at radius 3 is 2.62 bits per heavy atom. The third kappa shape index (κ3) is 3.46. The van der Waals surface area contributed by atoms with Crippen molar-refractivity contribution < 1.29 is 33.9 Å². The highest BCUT2D eigenvalue weighted by Crippen LogP contribution is 2.34. The van der Waals surface area contributed by atoms with Crippen molar-refractivity contribution in [2.45, 2.75) is 37.0 Å². The Hall–Kier alpha value is -1.48. The van der Waals surface area contributed by atoms with Gasteiger partial charge >= 0.3 is 0 Å². The first kappa shape index (κ1) is 17.3.